The molecule has 0 spiro atoms. The lowest BCUT2D eigenvalue weighted by molar-refractivity contribution is 0.191. The van der Waals surface area contributed by atoms with E-state index in [1.54, 1.807) is 0 Å². The minimum atomic E-state index is 0.726. The van der Waals surface area contributed by atoms with Gasteiger partial charge in [0.1, 0.15) is 0 Å². The average Bonchev–Trinajstić information content (AvgIpc) is 3.05. The average molecular weight is 252 g/mol. The highest BCUT2D eigenvalue weighted by Crippen LogP contribution is 2.32. The molecule has 0 bridgehead atoms. The molecule has 18 heavy (non-hydrogen) atoms. The summed E-state index contributed by atoms with van der Waals surface area (Å²) in [5.74, 6) is 1.96. The summed E-state index contributed by atoms with van der Waals surface area (Å²) in [6, 6.07) is 1.54. The summed E-state index contributed by atoms with van der Waals surface area (Å²) >= 11 is 0. The van der Waals surface area contributed by atoms with E-state index in [0.29, 0.717) is 0 Å². The van der Waals surface area contributed by atoms with Crippen LogP contribution in [0.1, 0.15) is 59.3 Å². The number of nitrogens with zero attached hydrogens (tertiary/aromatic N) is 1. The molecule has 0 aromatic heterocycles. The van der Waals surface area contributed by atoms with Crippen LogP contribution in [0.15, 0.2) is 0 Å². The van der Waals surface area contributed by atoms with Crippen LogP contribution < -0.4 is 5.32 Å². The monoisotopic (exact) mass is 252 g/mol. The smallest absolute Gasteiger partial charge is 0.00956 e. The molecule has 2 aliphatic rings. The Bertz CT molecular complexity index is 235. The molecule has 0 aliphatic heterocycles. The zero-order chi connectivity index (χ0) is 13.0. The number of rotatable bonds is 8. The van der Waals surface area contributed by atoms with Crippen molar-refractivity contribution in [2.24, 2.45) is 11.8 Å². The van der Waals surface area contributed by atoms with Crippen LogP contribution in [0.5, 0.6) is 0 Å². The first-order valence-electron chi connectivity index (χ1n) is 8.18. The van der Waals surface area contributed by atoms with E-state index in [2.05, 4.69) is 31.0 Å². The van der Waals surface area contributed by atoms with Crippen molar-refractivity contribution >= 4 is 0 Å². The van der Waals surface area contributed by atoms with Crippen molar-refractivity contribution in [3.05, 3.63) is 0 Å². The van der Waals surface area contributed by atoms with Gasteiger partial charge < -0.3 is 10.2 Å². The molecular weight excluding hydrogens is 220 g/mol. The second-order valence-electron chi connectivity index (χ2n) is 6.68. The fourth-order valence-corrected chi connectivity index (χ4v) is 3.44. The maximum absolute atomic E-state index is 3.68. The molecule has 0 radical (unpaired) electrons. The van der Waals surface area contributed by atoms with Crippen molar-refractivity contribution < 1.29 is 0 Å². The van der Waals surface area contributed by atoms with Crippen LogP contribution in [-0.4, -0.2) is 36.6 Å². The fraction of sp³-hybridized carbons (Fsp3) is 1.00. The molecule has 2 atom stereocenters. The van der Waals surface area contributed by atoms with Crippen LogP contribution >= 0.6 is 0 Å². The van der Waals surface area contributed by atoms with Gasteiger partial charge in [0.15, 0.2) is 0 Å². The minimum Gasteiger partial charge on any atom is -0.314 e. The van der Waals surface area contributed by atoms with Gasteiger partial charge in [0.25, 0.3) is 0 Å². The van der Waals surface area contributed by atoms with Crippen molar-refractivity contribution in [1.29, 1.82) is 0 Å². The maximum atomic E-state index is 3.68. The Balaban J connectivity index is 1.73. The second kappa shape index (κ2) is 6.91. The van der Waals surface area contributed by atoms with Gasteiger partial charge >= 0.3 is 0 Å². The van der Waals surface area contributed by atoms with E-state index in [4.69, 9.17) is 0 Å². The summed E-state index contributed by atoms with van der Waals surface area (Å²) in [6.07, 6.45) is 8.66. The molecule has 0 aromatic rings. The molecule has 106 valence electrons. The molecule has 0 aromatic carbocycles. The fourth-order valence-electron chi connectivity index (χ4n) is 3.44. The first-order chi connectivity index (χ1) is 8.70. The van der Waals surface area contributed by atoms with Crippen molar-refractivity contribution in [2.75, 3.05) is 19.6 Å². The van der Waals surface area contributed by atoms with Crippen LogP contribution in [0.4, 0.5) is 0 Å². The topological polar surface area (TPSA) is 15.3 Å². The zero-order valence-corrected chi connectivity index (χ0v) is 12.6. The van der Waals surface area contributed by atoms with Gasteiger partial charge in [0.2, 0.25) is 0 Å². The summed E-state index contributed by atoms with van der Waals surface area (Å²) in [5, 5.41) is 3.68. The largest absolute Gasteiger partial charge is 0.314 e. The van der Waals surface area contributed by atoms with E-state index in [0.717, 1.165) is 30.5 Å². The molecule has 2 heteroatoms. The Morgan fingerprint density at radius 2 is 1.94 bits per heavy atom. The highest BCUT2D eigenvalue weighted by molar-refractivity contribution is 4.85. The molecule has 1 N–H and O–H groups in total. The predicted molar refractivity (Wildman–Crippen MR) is 78.9 cm³/mol. The molecule has 0 heterocycles. The first-order valence-corrected chi connectivity index (χ1v) is 8.18. The lowest BCUT2D eigenvalue weighted by Gasteiger charge is -2.29. The molecule has 2 rings (SSSR count). The predicted octanol–water partition coefficient (Wildman–Crippen LogP) is 3.28. The molecule has 2 saturated carbocycles. The Labute approximate surface area is 114 Å². The van der Waals surface area contributed by atoms with Gasteiger partial charge in [-0.15, -0.1) is 0 Å². The van der Waals surface area contributed by atoms with Crippen molar-refractivity contribution in [3.63, 3.8) is 0 Å². The summed E-state index contributed by atoms with van der Waals surface area (Å²) in [4.78, 5) is 2.72. The number of hydrogen-bond donors (Lipinski definition) is 1. The maximum Gasteiger partial charge on any atom is 0.00956 e. The third-order valence-corrected chi connectivity index (χ3v) is 4.83. The highest BCUT2D eigenvalue weighted by atomic mass is 15.1. The van der Waals surface area contributed by atoms with Gasteiger partial charge in [-0.3, -0.25) is 0 Å². The molecular formula is C16H32N2. The lowest BCUT2D eigenvalue weighted by Crippen LogP contribution is -2.37. The Morgan fingerprint density at radius 3 is 2.56 bits per heavy atom. The first kappa shape index (κ1) is 14.3. The van der Waals surface area contributed by atoms with Crippen LogP contribution in [-0.2, 0) is 0 Å². The van der Waals surface area contributed by atoms with Crippen LogP contribution in [0.3, 0.4) is 0 Å². The summed E-state index contributed by atoms with van der Waals surface area (Å²) in [6.45, 7) is 10.8. The lowest BCUT2D eigenvalue weighted by atomic mass is 9.98. The van der Waals surface area contributed by atoms with Gasteiger partial charge in [0.05, 0.1) is 0 Å². The summed E-state index contributed by atoms with van der Waals surface area (Å²) in [7, 11) is 0. The molecule has 2 aliphatic carbocycles. The van der Waals surface area contributed by atoms with E-state index in [1.165, 1.54) is 51.6 Å². The molecule has 0 amide bonds. The third-order valence-electron chi connectivity index (χ3n) is 4.83. The summed E-state index contributed by atoms with van der Waals surface area (Å²) in [5.41, 5.74) is 0. The normalized spacial score (nSPS) is 28.5. The van der Waals surface area contributed by atoms with E-state index >= 15 is 0 Å². The standard InChI is InChI=1S/C16H32N2/c1-4-17-16-7-5-6-15(16)10-11-18(13(2)3)12-14-8-9-14/h13-17H,4-12H2,1-3H3. The van der Waals surface area contributed by atoms with E-state index in [-0.39, 0.29) is 0 Å². The van der Waals surface area contributed by atoms with Gasteiger partial charge in [-0.25, -0.2) is 0 Å². The Kier molecular flexibility index (Phi) is 5.50. The number of hydrogen-bond acceptors (Lipinski definition) is 2. The zero-order valence-electron chi connectivity index (χ0n) is 12.6. The molecule has 2 fully saturated rings. The summed E-state index contributed by atoms with van der Waals surface area (Å²) < 4.78 is 0. The van der Waals surface area contributed by atoms with E-state index < -0.39 is 0 Å². The van der Waals surface area contributed by atoms with E-state index in [1.807, 2.05) is 0 Å². The van der Waals surface area contributed by atoms with Crippen molar-refractivity contribution in [3.8, 4) is 0 Å². The molecule has 2 nitrogen and oxygen atoms in total. The van der Waals surface area contributed by atoms with Crippen molar-refractivity contribution in [2.45, 2.75) is 71.4 Å². The molecule has 2 unspecified atom stereocenters. The number of nitrogens with one attached hydrogen (secondary N) is 1. The molecule has 0 saturated heterocycles. The SMILES string of the molecule is CCNC1CCCC1CCN(CC1CC1)C(C)C. The van der Waals surface area contributed by atoms with Crippen molar-refractivity contribution in [1.82, 2.24) is 10.2 Å². The Hall–Kier alpha value is -0.0800. The van der Waals surface area contributed by atoms with Gasteiger partial charge in [0, 0.05) is 18.6 Å². The van der Waals surface area contributed by atoms with Gasteiger partial charge in [-0.05, 0) is 70.9 Å². The van der Waals surface area contributed by atoms with Crippen LogP contribution in [0.2, 0.25) is 0 Å². The van der Waals surface area contributed by atoms with Crippen LogP contribution in [0.25, 0.3) is 0 Å². The minimum absolute atomic E-state index is 0.726. The second-order valence-corrected chi connectivity index (χ2v) is 6.68. The van der Waals surface area contributed by atoms with Gasteiger partial charge in [-0.2, -0.15) is 0 Å². The Morgan fingerprint density at radius 1 is 1.17 bits per heavy atom. The quantitative estimate of drug-likeness (QED) is 0.713. The van der Waals surface area contributed by atoms with Crippen LogP contribution in [0, 0.1) is 11.8 Å². The van der Waals surface area contributed by atoms with Gasteiger partial charge in [-0.1, -0.05) is 13.3 Å². The highest BCUT2D eigenvalue weighted by Gasteiger charge is 2.29. The van der Waals surface area contributed by atoms with E-state index in [9.17, 15) is 0 Å². The third kappa shape index (κ3) is 4.24.